The number of nitrogens with one attached hydrogen (secondary N) is 1. The van der Waals surface area contributed by atoms with E-state index in [1.54, 1.807) is 6.21 Å². The summed E-state index contributed by atoms with van der Waals surface area (Å²) >= 11 is 0. The normalized spacial score (nSPS) is 16.7. The Kier molecular flexibility index (Phi) is 5.99. The lowest BCUT2D eigenvalue weighted by Crippen LogP contribution is -2.31. The molecule has 0 spiro atoms. The molecule has 0 bridgehead atoms. The number of amides is 1. The van der Waals surface area contributed by atoms with Crippen molar-refractivity contribution in [2.45, 2.75) is 44.9 Å². The molecular formula is C22H26N2O. The van der Waals surface area contributed by atoms with Gasteiger partial charge in [-0.15, -0.1) is 0 Å². The van der Waals surface area contributed by atoms with Crippen LogP contribution in [0.5, 0.6) is 0 Å². The van der Waals surface area contributed by atoms with E-state index in [4.69, 9.17) is 0 Å². The number of aryl methyl sites for hydroxylation is 1. The van der Waals surface area contributed by atoms with E-state index in [2.05, 4.69) is 22.7 Å². The molecule has 0 radical (unpaired) electrons. The highest BCUT2D eigenvalue weighted by atomic mass is 16.2. The zero-order valence-corrected chi connectivity index (χ0v) is 14.8. The average Bonchev–Trinajstić information content (AvgIpc) is 2.65. The second-order valence-corrected chi connectivity index (χ2v) is 6.88. The zero-order valence-electron chi connectivity index (χ0n) is 14.8. The lowest BCUT2D eigenvalue weighted by Gasteiger charge is -2.29. The Labute approximate surface area is 150 Å². The van der Waals surface area contributed by atoms with Gasteiger partial charge >= 0.3 is 0 Å². The highest BCUT2D eigenvalue weighted by Gasteiger charge is 2.30. The molecule has 1 aliphatic rings. The van der Waals surface area contributed by atoms with Crippen molar-refractivity contribution >= 4 is 12.1 Å². The summed E-state index contributed by atoms with van der Waals surface area (Å²) in [6.45, 7) is 2.04. The molecule has 1 atom stereocenters. The summed E-state index contributed by atoms with van der Waals surface area (Å²) in [5.41, 5.74) is 6.05. The van der Waals surface area contributed by atoms with Gasteiger partial charge in [0, 0.05) is 0 Å². The van der Waals surface area contributed by atoms with Gasteiger partial charge in [0.1, 0.15) is 0 Å². The number of hydrogen-bond donors (Lipinski definition) is 1. The maximum Gasteiger partial charge on any atom is 0.247 e. The molecule has 3 nitrogen and oxygen atoms in total. The van der Waals surface area contributed by atoms with Crippen LogP contribution in [0.3, 0.4) is 0 Å². The predicted octanol–water partition coefficient (Wildman–Crippen LogP) is 4.81. The van der Waals surface area contributed by atoms with Crippen molar-refractivity contribution in [3.05, 3.63) is 71.3 Å². The fourth-order valence-electron chi connectivity index (χ4n) is 3.73. The van der Waals surface area contributed by atoms with Gasteiger partial charge in [-0.3, -0.25) is 4.79 Å². The molecule has 25 heavy (non-hydrogen) atoms. The van der Waals surface area contributed by atoms with Crippen molar-refractivity contribution in [2.24, 2.45) is 11.0 Å². The molecular weight excluding hydrogens is 308 g/mol. The lowest BCUT2D eigenvalue weighted by atomic mass is 9.76. The first-order valence-corrected chi connectivity index (χ1v) is 9.19. The number of nitrogens with zero attached hydrogens (tertiary/aromatic N) is 1. The minimum absolute atomic E-state index is 0.00272. The molecule has 3 heteroatoms. The molecule has 1 amide bonds. The van der Waals surface area contributed by atoms with Crippen molar-refractivity contribution in [2.75, 3.05) is 0 Å². The third-order valence-electron chi connectivity index (χ3n) is 5.13. The van der Waals surface area contributed by atoms with Crippen LogP contribution < -0.4 is 5.43 Å². The molecule has 3 rings (SSSR count). The lowest BCUT2D eigenvalue weighted by molar-refractivity contribution is -0.124. The molecule has 0 aliphatic heterocycles. The van der Waals surface area contributed by atoms with E-state index in [-0.39, 0.29) is 11.8 Å². The highest BCUT2D eigenvalue weighted by molar-refractivity contribution is 5.86. The van der Waals surface area contributed by atoms with Crippen LogP contribution in [0.2, 0.25) is 0 Å². The van der Waals surface area contributed by atoms with Gasteiger partial charge in [-0.25, -0.2) is 5.43 Å². The zero-order chi connectivity index (χ0) is 17.5. The Morgan fingerprint density at radius 3 is 2.44 bits per heavy atom. The summed E-state index contributed by atoms with van der Waals surface area (Å²) in [6, 6.07) is 18.1. The Morgan fingerprint density at radius 1 is 1.04 bits per heavy atom. The van der Waals surface area contributed by atoms with Crippen molar-refractivity contribution in [1.82, 2.24) is 5.43 Å². The van der Waals surface area contributed by atoms with Crippen molar-refractivity contribution in [3.8, 4) is 0 Å². The van der Waals surface area contributed by atoms with Crippen molar-refractivity contribution in [1.29, 1.82) is 0 Å². The van der Waals surface area contributed by atoms with Crippen LogP contribution in [0.4, 0.5) is 0 Å². The summed E-state index contributed by atoms with van der Waals surface area (Å²) in [4.78, 5) is 12.9. The average molecular weight is 334 g/mol. The second kappa shape index (κ2) is 8.61. The maximum absolute atomic E-state index is 12.9. The van der Waals surface area contributed by atoms with Gasteiger partial charge in [-0.2, -0.15) is 5.10 Å². The van der Waals surface area contributed by atoms with E-state index in [9.17, 15) is 4.79 Å². The van der Waals surface area contributed by atoms with Gasteiger partial charge < -0.3 is 0 Å². The molecule has 1 aliphatic carbocycles. The first-order chi connectivity index (χ1) is 12.3. The first kappa shape index (κ1) is 17.4. The van der Waals surface area contributed by atoms with Crippen LogP contribution in [0.15, 0.2) is 59.7 Å². The molecule has 2 aromatic rings. The minimum atomic E-state index is -0.115. The van der Waals surface area contributed by atoms with Crippen molar-refractivity contribution in [3.63, 3.8) is 0 Å². The smallest absolute Gasteiger partial charge is 0.247 e. The van der Waals surface area contributed by atoms with Crippen LogP contribution in [0, 0.1) is 12.8 Å². The van der Waals surface area contributed by atoms with E-state index in [1.165, 1.54) is 19.3 Å². The summed E-state index contributed by atoms with van der Waals surface area (Å²) in [5, 5.41) is 4.22. The molecule has 130 valence electrons. The Hall–Kier alpha value is -2.42. The molecule has 0 heterocycles. The van der Waals surface area contributed by atoms with Crippen LogP contribution in [0.1, 0.15) is 54.7 Å². The van der Waals surface area contributed by atoms with Gasteiger partial charge in [0.25, 0.3) is 0 Å². The summed E-state index contributed by atoms with van der Waals surface area (Å²) in [5.74, 6) is 0.295. The maximum atomic E-state index is 12.9. The van der Waals surface area contributed by atoms with E-state index < -0.39 is 0 Å². The number of benzene rings is 2. The first-order valence-electron chi connectivity index (χ1n) is 9.19. The summed E-state index contributed by atoms with van der Waals surface area (Å²) < 4.78 is 0. The van der Waals surface area contributed by atoms with E-state index in [0.717, 1.165) is 29.5 Å². The Balaban J connectivity index is 1.74. The Bertz CT molecular complexity index is 718. The van der Waals surface area contributed by atoms with Gasteiger partial charge in [0.05, 0.1) is 12.1 Å². The number of hydrazone groups is 1. The quantitative estimate of drug-likeness (QED) is 0.619. The fraction of sp³-hybridized carbons (Fsp3) is 0.364. The number of rotatable bonds is 5. The largest absolute Gasteiger partial charge is 0.272 e. The highest BCUT2D eigenvalue weighted by Crippen LogP contribution is 2.36. The third kappa shape index (κ3) is 4.56. The molecule has 2 aromatic carbocycles. The van der Waals surface area contributed by atoms with Crippen LogP contribution in [0.25, 0.3) is 0 Å². The minimum Gasteiger partial charge on any atom is -0.272 e. The Morgan fingerprint density at radius 2 is 1.72 bits per heavy atom. The van der Waals surface area contributed by atoms with Crippen LogP contribution in [-0.2, 0) is 4.79 Å². The fourth-order valence-corrected chi connectivity index (χ4v) is 3.73. The molecule has 1 N–H and O–H groups in total. The molecule has 0 unspecified atom stereocenters. The molecule has 1 fully saturated rings. The van der Waals surface area contributed by atoms with Crippen molar-refractivity contribution < 1.29 is 4.79 Å². The summed E-state index contributed by atoms with van der Waals surface area (Å²) in [6.07, 6.45) is 7.69. The standard InChI is InChI=1S/C22H26N2O/c1-17-10-8-9-15-20(17)16-23-24-22(25)21(18-11-4-2-5-12-18)19-13-6-3-7-14-19/h2,4-5,8-12,15-16,19,21H,3,6-7,13-14H2,1H3,(H,24,25)/b23-16-/t21-/m0/s1. The summed E-state index contributed by atoms with van der Waals surface area (Å²) in [7, 11) is 0. The van der Waals surface area contributed by atoms with Gasteiger partial charge in [-0.05, 0) is 42.4 Å². The third-order valence-corrected chi connectivity index (χ3v) is 5.13. The molecule has 0 saturated heterocycles. The molecule has 1 saturated carbocycles. The molecule has 0 aromatic heterocycles. The van der Waals surface area contributed by atoms with Crippen LogP contribution in [-0.4, -0.2) is 12.1 Å². The number of carbonyl (C=O) groups is 1. The predicted molar refractivity (Wildman–Crippen MR) is 103 cm³/mol. The van der Waals surface area contributed by atoms with E-state index in [1.807, 2.05) is 49.4 Å². The van der Waals surface area contributed by atoms with E-state index in [0.29, 0.717) is 5.92 Å². The topological polar surface area (TPSA) is 41.5 Å². The second-order valence-electron chi connectivity index (χ2n) is 6.88. The van der Waals surface area contributed by atoms with Crippen LogP contribution >= 0.6 is 0 Å². The van der Waals surface area contributed by atoms with Gasteiger partial charge in [-0.1, -0.05) is 73.9 Å². The monoisotopic (exact) mass is 334 g/mol. The van der Waals surface area contributed by atoms with Gasteiger partial charge in [0.15, 0.2) is 0 Å². The SMILES string of the molecule is Cc1ccccc1/C=N\NC(=O)[C@@H](c1ccccc1)C1CCCCC1. The van der Waals surface area contributed by atoms with Gasteiger partial charge in [0.2, 0.25) is 5.91 Å². The number of hydrogen-bond acceptors (Lipinski definition) is 2. The number of carbonyl (C=O) groups excluding carboxylic acids is 1. The van der Waals surface area contributed by atoms with E-state index >= 15 is 0 Å².